The molecule has 29 heavy (non-hydrogen) atoms. The van der Waals surface area contributed by atoms with Crippen LogP contribution in [0.15, 0.2) is 18.2 Å². The molecule has 1 aliphatic carbocycles. The summed E-state index contributed by atoms with van der Waals surface area (Å²) in [4.78, 5) is 26.0. The Morgan fingerprint density at radius 1 is 1.34 bits per heavy atom. The number of thiazole rings is 1. The van der Waals surface area contributed by atoms with Crippen LogP contribution >= 0.6 is 23.6 Å². The summed E-state index contributed by atoms with van der Waals surface area (Å²) in [5.74, 6) is 2.15. The molecule has 9 heteroatoms. The number of carbonyl (C=O) groups excluding carboxylic acids is 2. The topological polar surface area (TPSA) is 81.6 Å². The van der Waals surface area contributed by atoms with E-state index in [9.17, 15) is 9.59 Å². The maximum absolute atomic E-state index is 12.9. The first-order chi connectivity index (χ1) is 14.0. The quantitative estimate of drug-likeness (QED) is 0.721. The van der Waals surface area contributed by atoms with Gasteiger partial charge in [-0.3, -0.25) is 9.59 Å². The summed E-state index contributed by atoms with van der Waals surface area (Å²) in [6.45, 7) is 2.74. The number of nitrogens with zero attached hydrogens (tertiary/aromatic N) is 1. The highest BCUT2D eigenvalue weighted by molar-refractivity contribution is 7.73. The zero-order valence-corrected chi connectivity index (χ0v) is 17.5. The second kappa shape index (κ2) is 7.14. The minimum Gasteiger partial charge on any atom is -0.454 e. The smallest absolute Gasteiger partial charge is 0.265 e. The van der Waals surface area contributed by atoms with Crippen molar-refractivity contribution in [2.45, 2.75) is 38.8 Å². The van der Waals surface area contributed by atoms with Crippen LogP contribution in [0.4, 0.5) is 5.82 Å². The summed E-state index contributed by atoms with van der Waals surface area (Å²) in [6.07, 6.45) is 2.84. The molecule has 0 radical (unpaired) electrons. The predicted molar refractivity (Wildman–Crippen MR) is 111 cm³/mol. The van der Waals surface area contributed by atoms with Crippen molar-refractivity contribution in [2.75, 3.05) is 12.1 Å². The fourth-order valence-electron chi connectivity index (χ4n) is 4.44. The van der Waals surface area contributed by atoms with E-state index in [0.717, 1.165) is 24.8 Å². The Labute approximate surface area is 177 Å². The first-order valence-corrected chi connectivity index (χ1v) is 11.0. The molecule has 3 unspecified atom stereocenters. The van der Waals surface area contributed by atoms with Gasteiger partial charge in [-0.05, 0) is 55.1 Å². The Balaban J connectivity index is 1.37. The van der Waals surface area contributed by atoms with Crippen LogP contribution < -0.4 is 20.1 Å². The van der Waals surface area contributed by atoms with Crippen LogP contribution in [0.3, 0.4) is 0 Å². The summed E-state index contributed by atoms with van der Waals surface area (Å²) in [6, 6.07) is 5.63. The highest BCUT2D eigenvalue weighted by Gasteiger charge is 2.41. The molecule has 3 atom stereocenters. The molecule has 1 fully saturated rings. The van der Waals surface area contributed by atoms with Crippen molar-refractivity contribution in [2.24, 2.45) is 11.8 Å². The van der Waals surface area contributed by atoms with Crippen molar-refractivity contribution >= 4 is 41.2 Å². The number of amides is 2. The number of aromatic nitrogens is 1. The zero-order valence-electron chi connectivity index (χ0n) is 15.9. The van der Waals surface area contributed by atoms with Crippen molar-refractivity contribution in [3.8, 4) is 11.5 Å². The molecule has 3 heterocycles. The van der Waals surface area contributed by atoms with Crippen molar-refractivity contribution in [3.05, 3.63) is 32.6 Å². The average Bonchev–Trinajstić information content (AvgIpc) is 3.30. The standard InChI is InChI=1S/C20H21N3O4S2/c1-10-2-4-13-12(6-10)18(24)22-17-16(29-20(28)23(13)17)19(25)21-8-11-3-5-14-15(7-11)27-9-26-14/h3,5,7,10,12-13H,2,4,6,8-9H2,1H3,(H,21,25)(H,22,24). The molecule has 2 aromatic rings. The van der Waals surface area contributed by atoms with Gasteiger partial charge in [0.15, 0.2) is 15.5 Å². The van der Waals surface area contributed by atoms with Crippen molar-refractivity contribution in [3.63, 3.8) is 0 Å². The summed E-state index contributed by atoms with van der Waals surface area (Å²) < 4.78 is 13.3. The maximum atomic E-state index is 12.9. The molecule has 7 nitrogen and oxygen atoms in total. The SMILES string of the molecule is CC1CCC2C(C1)C(=O)Nc1c(C(=O)NCc3ccc4c(c3)OCO4)sc(=S)n12. The minimum atomic E-state index is -0.240. The molecule has 2 N–H and O–H groups in total. The molecule has 1 aromatic heterocycles. The number of hydrogen-bond donors (Lipinski definition) is 2. The third-order valence-corrected chi connectivity index (χ3v) is 7.33. The Bertz CT molecular complexity index is 1060. The van der Waals surface area contributed by atoms with E-state index in [0.29, 0.717) is 38.6 Å². The van der Waals surface area contributed by atoms with Crippen LogP contribution in [-0.2, 0) is 11.3 Å². The normalized spacial score (nSPS) is 24.4. The zero-order chi connectivity index (χ0) is 20.1. The first-order valence-electron chi connectivity index (χ1n) is 9.74. The molecule has 1 saturated carbocycles. The molecular weight excluding hydrogens is 410 g/mol. The lowest BCUT2D eigenvalue weighted by Gasteiger charge is -2.39. The fraction of sp³-hybridized carbons (Fsp3) is 0.450. The lowest BCUT2D eigenvalue weighted by atomic mass is 9.77. The van der Waals surface area contributed by atoms with Crippen LogP contribution in [-0.4, -0.2) is 23.2 Å². The van der Waals surface area contributed by atoms with Crippen molar-refractivity contribution in [1.29, 1.82) is 0 Å². The van der Waals surface area contributed by atoms with Gasteiger partial charge in [0.2, 0.25) is 12.7 Å². The summed E-state index contributed by atoms with van der Waals surface area (Å²) in [5.41, 5.74) is 0.907. The van der Waals surface area contributed by atoms with E-state index in [1.165, 1.54) is 11.3 Å². The lowest BCUT2D eigenvalue weighted by Crippen LogP contribution is -2.41. The van der Waals surface area contributed by atoms with Gasteiger partial charge in [-0.2, -0.15) is 0 Å². The number of fused-ring (bicyclic) bond motifs is 4. The van der Waals surface area contributed by atoms with Crippen LogP contribution in [0.25, 0.3) is 0 Å². The third-order valence-electron chi connectivity index (χ3n) is 5.92. The van der Waals surface area contributed by atoms with Gasteiger partial charge in [0, 0.05) is 12.6 Å². The Morgan fingerprint density at radius 2 is 2.17 bits per heavy atom. The molecule has 152 valence electrons. The molecular formula is C20H21N3O4S2. The van der Waals surface area contributed by atoms with Gasteiger partial charge >= 0.3 is 0 Å². The Hall–Kier alpha value is -2.39. The monoisotopic (exact) mass is 431 g/mol. The molecule has 0 bridgehead atoms. The van der Waals surface area contributed by atoms with Crippen LogP contribution in [0, 0.1) is 15.8 Å². The second-order valence-corrected chi connectivity index (χ2v) is 9.51. The van der Waals surface area contributed by atoms with Gasteiger partial charge in [0.25, 0.3) is 5.91 Å². The average molecular weight is 432 g/mol. The number of anilines is 1. The lowest BCUT2D eigenvalue weighted by molar-refractivity contribution is -0.123. The number of carbonyl (C=O) groups is 2. The van der Waals surface area contributed by atoms with Crippen LogP contribution in [0.2, 0.25) is 0 Å². The molecule has 2 amide bonds. The Morgan fingerprint density at radius 3 is 3.03 bits per heavy atom. The predicted octanol–water partition coefficient (Wildman–Crippen LogP) is 3.87. The first kappa shape index (κ1) is 18.6. The van der Waals surface area contributed by atoms with Gasteiger partial charge in [-0.15, -0.1) is 0 Å². The summed E-state index contributed by atoms with van der Waals surface area (Å²) in [5, 5.41) is 5.88. The second-order valence-electron chi connectivity index (χ2n) is 7.87. The molecule has 0 saturated heterocycles. The van der Waals surface area contributed by atoms with Crippen molar-refractivity contribution < 1.29 is 19.1 Å². The van der Waals surface area contributed by atoms with Crippen LogP contribution in [0.5, 0.6) is 11.5 Å². The van der Waals surface area contributed by atoms with E-state index >= 15 is 0 Å². The van der Waals surface area contributed by atoms with Gasteiger partial charge in [0.05, 0.1) is 5.92 Å². The van der Waals surface area contributed by atoms with Crippen molar-refractivity contribution in [1.82, 2.24) is 9.88 Å². The number of rotatable bonds is 3. The number of hydrogen-bond acceptors (Lipinski definition) is 6. The Kier molecular flexibility index (Phi) is 4.59. The largest absolute Gasteiger partial charge is 0.454 e. The van der Waals surface area contributed by atoms with E-state index in [-0.39, 0.29) is 30.6 Å². The van der Waals surface area contributed by atoms with Crippen LogP contribution in [0.1, 0.15) is 47.5 Å². The van der Waals surface area contributed by atoms with Gasteiger partial charge in [0.1, 0.15) is 10.7 Å². The fourth-order valence-corrected chi connectivity index (χ4v) is 5.82. The third kappa shape index (κ3) is 3.22. The molecule has 2 aliphatic heterocycles. The summed E-state index contributed by atoms with van der Waals surface area (Å²) >= 11 is 6.83. The number of benzene rings is 1. The van der Waals surface area contributed by atoms with E-state index in [4.69, 9.17) is 21.7 Å². The number of nitrogens with one attached hydrogen (secondary N) is 2. The molecule has 1 aromatic carbocycles. The molecule has 5 rings (SSSR count). The van der Waals surface area contributed by atoms with E-state index in [1.54, 1.807) is 0 Å². The van der Waals surface area contributed by atoms with E-state index in [1.807, 2.05) is 22.8 Å². The molecule has 0 spiro atoms. The van der Waals surface area contributed by atoms with Gasteiger partial charge in [-0.1, -0.05) is 24.3 Å². The highest BCUT2D eigenvalue weighted by Crippen LogP contribution is 2.44. The number of ether oxygens (including phenoxy) is 2. The van der Waals surface area contributed by atoms with E-state index < -0.39 is 0 Å². The maximum Gasteiger partial charge on any atom is 0.265 e. The summed E-state index contributed by atoms with van der Waals surface area (Å²) in [7, 11) is 0. The van der Waals surface area contributed by atoms with Gasteiger partial charge in [-0.25, -0.2) is 0 Å². The van der Waals surface area contributed by atoms with E-state index in [2.05, 4.69) is 17.6 Å². The minimum absolute atomic E-state index is 0.000768. The van der Waals surface area contributed by atoms with Gasteiger partial charge < -0.3 is 24.7 Å². The molecule has 3 aliphatic rings. The highest BCUT2D eigenvalue weighted by atomic mass is 32.1.